The molecule has 0 saturated heterocycles. The van der Waals surface area contributed by atoms with E-state index in [-0.39, 0.29) is 72.4 Å². The minimum absolute atomic E-state index is 0. The summed E-state index contributed by atoms with van der Waals surface area (Å²) in [5.74, 6) is 0.354. The van der Waals surface area contributed by atoms with Crippen molar-refractivity contribution in [2.24, 2.45) is 0 Å². The molecule has 0 fully saturated rings. The third-order valence-corrected chi connectivity index (χ3v) is 2.07. The van der Waals surface area contributed by atoms with Crippen molar-refractivity contribution in [3.8, 4) is 5.75 Å². The molecule has 1 aromatic rings. The second kappa shape index (κ2) is 20.0. The quantitative estimate of drug-likeness (QED) is 0.524. The molecule has 5 heteroatoms. The van der Waals surface area contributed by atoms with Crippen LogP contribution in [0.25, 0.3) is 0 Å². The molecule has 0 spiro atoms. The van der Waals surface area contributed by atoms with Crippen LogP contribution in [0.15, 0.2) is 35.9 Å². The third kappa shape index (κ3) is 18.0. The van der Waals surface area contributed by atoms with Gasteiger partial charge >= 0.3 is 21.7 Å². The Hall–Kier alpha value is 0.0112. The van der Waals surface area contributed by atoms with Crippen LogP contribution in [0.5, 0.6) is 5.75 Å². The summed E-state index contributed by atoms with van der Waals surface area (Å²) in [7, 11) is 0. The molecule has 0 amide bonds. The minimum atomic E-state index is 0. The van der Waals surface area contributed by atoms with Gasteiger partial charge in [0.15, 0.2) is 0 Å². The maximum atomic E-state index is 8.99. The van der Waals surface area contributed by atoms with E-state index in [4.69, 9.17) is 5.11 Å². The van der Waals surface area contributed by atoms with E-state index < -0.39 is 0 Å². The molecule has 2 rings (SSSR count). The second-order valence-corrected chi connectivity index (χ2v) is 3.81. The molecule has 1 N–H and O–H groups in total. The second-order valence-electron chi connectivity index (χ2n) is 3.81. The largest absolute Gasteiger partial charge is 3.00 e. The van der Waals surface area contributed by atoms with Gasteiger partial charge in [-0.2, -0.15) is 6.08 Å². The number of allylic oxidation sites excluding steroid dienone is 4. The molecular weight excluding hydrogens is 355 g/mol. The van der Waals surface area contributed by atoms with Gasteiger partial charge in [-0.05, 0) is 48.1 Å². The molecule has 0 aliphatic heterocycles. The Balaban J connectivity index is -0.0000000431. The predicted molar refractivity (Wildman–Crippen MR) is 101 cm³/mol. The van der Waals surface area contributed by atoms with Gasteiger partial charge in [0.2, 0.25) is 0 Å². The number of hydrogen-bond acceptors (Lipinski definition) is 1. The van der Waals surface area contributed by atoms with E-state index in [0.717, 1.165) is 17.5 Å². The first-order valence-electron chi connectivity index (χ1n) is 5.09. The van der Waals surface area contributed by atoms with Gasteiger partial charge in [-0.3, -0.25) is 6.08 Å². The van der Waals surface area contributed by atoms with Crippen molar-refractivity contribution in [2.75, 3.05) is 0 Å². The zero-order chi connectivity index (χ0) is 11.3. The molecular formula is C16H28Cl2OSiTi. The normalized spacial score (nSPS) is 9.38. The molecule has 0 atom stereocenters. The molecule has 0 saturated carbocycles. The molecule has 2 radical (unpaired) electrons. The van der Waals surface area contributed by atoms with E-state index in [0.29, 0.717) is 5.75 Å². The molecule has 21 heavy (non-hydrogen) atoms. The number of halogens is 2. The van der Waals surface area contributed by atoms with Gasteiger partial charge in [0, 0.05) is 0 Å². The first-order valence-corrected chi connectivity index (χ1v) is 5.09. The van der Waals surface area contributed by atoms with Gasteiger partial charge in [-0.15, -0.1) is 31.2 Å². The van der Waals surface area contributed by atoms with Gasteiger partial charge in [0.1, 0.15) is 5.75 Å². The number of phenolic OH excluding ortho intramolecular Hbond substituents is 1. The van der Waals surface area contributed by atoms with Gasteiger partial charge in [-0.1, -0.05) is 13.0 Å². The van der Waals surface area contributed by atoms with E-state index in [2.05, 4.69) is 25.2 Å². The summed E-state index contributed by atoms with van der Waals surface area (Å²) in [6, 6.07) is 5.51. The Kier molecular flexibility index (Phi) is 35.6. The molecule has 0 aromatic heterocycles. The monoisotopic (exact) mass is 382 g/mol. The van der Waals surface area contributed by atoms with Crippen molar-refractivity contribution in [3.63, 3.8) is 0 Å². The van der Waals surface area contributed by atoms with Crippen molar-refractivity contribution in [1.82, 2.24) is 0 Å². The van der Waals surface area contributed by atoms with Crippen LogP contribution in [0.4, 0.5) is 0 Å². The number of hydrogen-bond donors (Lipinski definition) is 1. The van der Waals surface area contributed by atoms with Crippen LogP contribution < -0.4 is 0 Å². The Morgan fingerprint density at radius 1 is 0.952 bits per heavy atom. The van der Waals surface area contributed by atoms with Gasteiger partial charge in [0.05, 0.1) is 0 Å². The summed E-state index contributed by atoms with van der Waals surface area (Å²) in [6.07, 6.45) is 8.33. The van der Waals surface area contributed by atoms with E-state index in [1.807, 2.05) is 19.9 Å². The number of benzene rings is 1. The fourth-order valence-electron chi connectivity index (χ4n) is 1.47. The minimum Gasteiger partial charge on any atom is -0.508 e. The Labute approximate surface area is 163 Å². The first kappa shape index (κ1) is 37.3. The SMILES string of the molecule is CC1=[C-]CC=C1.Cc1cc(C)cc(O)c1.Cl.Cl.[CH3-].[CH3-].[SiH3].[Ti+3]. The zero-order valence-corrected chi connectivity index (χ0v) is 19.1. The summed E-state index contributed by atoms with van der Waals surface area (Å²) in [5.41, 5.74) is 3.48. The first-order chi connectivity index (χ1) is 7.08. The molecule has 0 heterocycles. The number of rotatable bonds is 0. The summed E-state index contributed by atoms with van der Waals surface area (Å²) in [4.78, 5) is 0. The Morgan fingerprint density at radius 2 is 1.38 bits per heavy atom. The van der Waals surface area contributed by atoms with E-state index >= 15 is 0 Å². The van der Waals surface area contributed by atoms with Crippen LogP contribution in [-0.4, -0.2) is 16.1 Å². The zero-order valence-electron chi connectivity index (χ0n) is 13.9. The average Bonchev–Trinajstić information content (AvgIpc) is 2.54. The van der Waals surface area contributed by atoms with Crippen molar-refractivity contribution >= 4 is 35.8 Å². The smallest absolute Gasteiger partial charge is 0.508 e. The average molecular weight is 383 g/mol. The van der Waals surface area contributed by atoms with Crippen LogP contribution in [-0.2, 0) is 21.7 Å². The summed E-state index contributed by atoms with van der Waals surface area (Å²) in [6.45, 7) is 5.99. The molecule has 0 unspecified atom stereocenters. The van der Waals surface area contributed by atoms with E-state index in [9.17, 15) is 0 Å². The van der Waals surface area contributed by atoms with Crippen molar-refractivity contribution < 1.29 is 26.8 Å². The van der Waals surface area contributed by atoms with E-state index in [1.54, 1.807) is 12.1 Å². The van der Waals surface area contributed by atoms with Crippen LogP contribution >= 0.6 is 24.8 Å². The number of aromatic hydroxyl groups is 1. The third-order valence-electron chi connectivity index (χ3n) is 2.07. The summed E-state index contributed by atoms with van der Waals surface area (Å²) >= 11 is 0. The molecule has 1 aliphatic carbocycles. The molecule has 1 nitrogen and oxygen atoms in total. The number of aryl methyl sites for hydroxylation is 2. The summed E-state index contributed by atoms with van der Waals surface area (Å²) in [5, 5.41) is 8.99. The Bertz CT molecular complexity index is 354. The molecule has 0 bridgehead atoms. The van der Waals surface area contributed by atoms with Crippen LogP contribution in [0.3, 0.4) is 0 Å². The van der Waals surface area contributed by atoms with Crippen molar-refractivity contribution in [3.05, 3.63) is 68.0 Å². The fraction of sp³-hybridized carbons (Fsp3) is 0.250. The van der Waals surface area contributed by atoms with Crippen LogP contribution in [0.2, 0.25) is 0 Å². The maximum Gasteiger partial charge on any atom is 3.00 e. The van der Waals surface area contributed by atoms with Gasteiger partial charge in [0.25, 0.3) is 0 Å². The molecule has 120 valence electrons. The standard InChI is InChI=1S/C8H10O.C6H7.2CH3.2ClH.H3Si.Ti/c1-6-3-7(2)5-8(9)4-6;1-6-4-2-3-5-6;;;;;;/h3-5,9H,1-2H3;2,4H,3H2,1H3;2*1H3;2*1H;1H3;/q;3*-1;;;;+3. The Morgan fingerprint density at radius 3 is 1.57 bits per heavy atom. The van der Waals surface area contributed by atoms with Crippen molar-refractivity contribution in [2.45, 2.75) is 27.2 Å². The maximum absolute atomic E-state index is 8.99. The summed E-state index contributed by atoms with van der Waals surface area (Å²) < 4.78 is 0. The predicted octanol–water partition coefficient (Wildman–Crippen LogP) is 4.26. The fourth-order valence-corrected chi connectivity index (χ4v) is 1.47. The van der Waals surface area contributed by atoms with Crippen LogP contribution in [0.1, 0.15) is 24.5 Å². The topological polar surface area (TPSA) is 20.2 Å². The van der Waals surface area contributed by atoms with Gasteiger partial charge in [-0.25, -0.2) is 11.6 Å². The molecule has 1 aliphatic rings. The number of phenols is 1. The molecule has 1 aromatic carbocycles. The van der Waals surface area contributed by atoms with Crippen LogP contribution in [0, 0.1) is 34.8 Å². The van der Waals surface area contributed by atoms with E-state index in [1.165, 1.54) is 5.57 Å². The van der Waals surface area contributed by atoms with Crippen molar-refractivity contribution in [1.29, 1.82) is 0 Å². The van der Waals surface area contributed by atoms with Gasteiger partial charge < -0.3 is 20.0 Å².